The second kappa shape index (κ2) is 7.50. The van der Waals surface area contributed by atoms with Crippen molar-refractivity contribution >= 4 is 15.9 Å². The molecule has 0 aromatic heterocycles. The number of likely N-dealkylation sites (tertiary alicyclic amines) is 1. The number of carbonyl (C=O) groups is 1. The summed E-state index contributed by atoms with van der Waals surface area (Å²) in [5, 5.41) is 0. The maximum Gasteiger partial charge on any atom is 0.243 e. The van der Waals surface area contributed by atoms with Crippen LogP contribution in [0.15, 0.2) is 47.9 Å². The lowest BCUT2D eigenvalue weighted by atomic mass is 9.87. The van der Waals surface area contributed by atoms with Crippen LogP contribution in [0.3, 0.4) is 0 Å². The van der Waals surface area contributed by atoms with E-state index in [1.54, 1.807) is 34.6 Å². The zero-order valence-electron chi connectivity index (χ0n) is 15.3. The van der Waals surface area contributed by atoms with Crippen LogP contribution in [0.1, 0.15) is 19.3 Å². The van der Waals surface area contributed by atoms with E-state index >= 15 is 0 Å². The van der Waals surface area contributed by atoms with E-state index in [0.717, 1.165) is 6.42 Å². The zero-order chi connectivity index (χ0) is 18.8. The van der Waals surface area contributed by atoms with Crippen molar-refractivity contribution in [1.82, 2.24) is 14.1 Å². The first-order valence-electron chi connectivity index (χ1n) is 9.04. The van der Waals surface area contributed by atoms with Gasteiger partial charge in [0.1, 0.15) is 0 Å². The molecule has 2 aliphatic heterocycles. The Hall–Kier alpha value is -1.70. The quantitative estimate of drug-likeness (QED) is 0.747. The van der Waals surface area contributed by atoms with E-state index in [-0.39, 0.29) is 11.4 Å². The Morgan fingerprint density at radius 3 is 2.58 bits per heavy atom. The van der Waals surface area contributed by atoms with Crippen molar-refractivity contribution in [3.05, 3.63) is 43.0 Å². The predicted molar refractivity (Wildman–Crippen MR) is 101 cm³/mol. The number of nitrogens with zero attached hydrogens (tertiary/aromatic N) is 3. The molecule has 6 nitrogen and oxygen atoms in total. The number of likely N-dealkylation sites (N-methyl/N-ethyl adjacent to an activating group) is 1. The molecular weight excluding hydrogens is 350 g/mol. The molecule has 0 saturated carbocycles. The number of sulfonamides is 1. The highest BCUT2D eigenvalue weighted by Crippen LogP contribution is 2.34. The average molecular weight is 378 g/mol. The van der Waals surface area contributed by atoms with Crippen LogP contribution >= 0.6 is 0 Å². The number of hydrogen-bond acceptors (Lipinski definition) is 4. The van der Waals surface area contributed by atoms with Gasteiger partial charge in [0.25, 0.3) is 0 Å². The molecular formula is C19H27N3O3S. The molecule has 0 aliphatic carbocycles. The molecule has 1 aromatic carbocycles. The minimum absolute atomic E-state index is 0.123. The molecule has 1 unspecified atom stereocenters. The van der Waals surface area contributed by atoms with Crippen LogP contribution in [0.2, 0.25) is 0 Å². The van der Waals surface area contributed by atoms with E-state index in [0.29, 0.717) is 50.5 Å². The molecule has 2 saturated heterocycles. The topological polar surface area (TPSA) is 60.9 Å². The number of benzene rings is 1. The molecule has 0 N–H and O–H groups in total. The van der Waals surface area contributed by atoms with E-state index in [9.17, 15) is 13.2 Å². The summed E-state index contributed by atoms with van der Waals surface area (Å²) in [5.74, 6) is 0.123. The number of piperazine rings is 1. The molecule has 0 bridgehead atoms. The van der Waals surface area contributed by atoms with Crippen molar-refractivity contribution in [2.45, 2.75) is 29.7 Å². The molecule has 2 fully saturated rings. The Kier molecular flexibility index (Phi) is 5.50. The summed E-state index contributed by atoms with van der Waals surface area (Å²) < 4.78 is 27.7. The summed E-state index contributed by atoms with van der Waals surface area (Å²) in [6.45, 7) is 6.47. The lowest BCUT2D eigenvalue weighted by molar-refractivity contribution is -0.130. The highest BCUT2D eigenvalue weighted by atomic mass is 32.2. The summed E-state index contributed by atoms with van der Waals surface area (Å²) in [6, 6.07) is 8.59. The van der Waals surface area contributed by atoms with Crippen LogP contribution in [0.4, 0.5) is 0 Å². The first-order valence-corrected chi connectivity index (χ1v) is 10.5. The van der Waals surface area contributed by atoms with Gasteiger partial charge in [-0.3, -0.25) is 9.69 Å². The number of rotatable bonds is 4. The second-order valence-corrected chi connectivity index (χ2v) is 9.11. The standard InChI is InChI=1S/C19H27N3O3S/c1-3-12-21-13-11-19(10-9-18(21)23)16-22(15-14-20(19)2)26(24,25)17-7-5-4-6-8-17/h3-8H,1,9-16H2,2H3. The number of amides is 1. The summed E-state index contributed by atoms with van der Waals surface area (Å²) in [6.07, 6.45) is 3.63. The fraction of sp³-hybridized carbons (Fsp3) is 0.526. The Labute approximate surface area is 156 Å². The SMILES string of the molecule is C=CCN1CCC2(CCC1=O)CN(S(=O)(=O)c1ccccc1)CCN2C. The summed E-state index contributed by atoms with van der Waals surface area (Å²) in [5.41, 5.74) is -0.300. The first kappa shape index (κ1) is 19.1. The fourth-order valence-electron chi connectivity index (χ4n) is 3.95. The van der Waals surface area contributed by atoms with Gasteiger partial charge in [0.2, 0.25) is 15.9 Å². The zero-order valence-corrected chi connectivity index (χ0v) is 16.1. The Bertz CT molecular complexity index is 765. The van der Waals surface area contributed by atoms with Crippen LogP contribution in [0, 0.1) is 0 Å². The van der Waals surface area contributed by atoms with E-state index in [4.69, 9.17) is 0 Å². The van der Waals surface area contributed by atoms with Gasteiger partial charge in [0, 0.05) is 44.7 Å². The monoisotopic (exact) mass is 377 g/mol. The highest BCUT2D eigenvalue weighted by molar-refractivity contribution is 7.89. The van der Waals surface area contributed by atoms with Crippen molar-refractivity contribution in [3.8, 4) is 0 Å². The molecule has 3 rings (SSSR count). The predicted octanol–water partition coefficient (Wildman–Crippen LogP) is 1.56. The highest BCUT2D eigenvalue weighted by Gasteiger charge is 2.45. The first-order chi connectivity index (χ1) is 12.4. The van der Waals surface area contributed by atoms with Gasteiger partial charge in [-0.2, -0.15) is 4.31 Å². The van der Waals surface area contributed by atoms with Gasteiger partial charge in [-0.25, -0.2) is 8.42 Å². The molecule has 7 heteroatoms. The Balaban J connectivity index is 1.84. The maximum atomic E-state index is 13.1. The minimum Gasteiger partial charge on any atom is -0.339 e. The van der Waals surface area contributed by atoms with Crippen molar-refractivity contribution in [1.29, 1.82) is 0 Å². The van der Waals surface area contributed by atoms with Gasteiger partial charge in [-0.15, -0.1) is 6.58 Å². The molecule has 2 heterocycles. The Morgan fingerprint density at radius 2 is 1.88 bits per heavy atom. The van der Waals surface area contributed by atoms with Gasteiger partial charge in [-0.1, -0.05) is 24.3 Å². The average Bonchev–Trinajstić information content (AvgIpc) is 2.80. The molecule has 1 spiro atoms. The normalized spacial score (nSPS) is 26.0. The van der Waals surface area contributed by atoms with E-state index in [2.05, 4.69) is 11.5 Å². The molecule has 1 atom stereocenters. The van der Waals surface area contributed by atoms with Crippen LogP contribution in [-0.4, -0.2) is 73.7 Å². The van der Waals surface area contributed by atoms with Crippen molar-refractivity contribution in [3.63, 3.8) is 0 Å². The number of carbonyl (C=O) groups excluding carboxylic acids is 1. The van der Waals surface area contributed by atoms with Crippen molar-refractivity contribution < 1.29 is 13.2 Å². The van der Waals surface area contributed by atoms with Gasteiger partial charge in [0.05, 0.1) is 4.90 Å². The summed E-state index contributed by atoms with van der Waals surface area (Å²) in [4.78, 5) is 16.8. The third kappa shape index (κ3) is 3.56. The third-order valence-corrected chi connectivity index (χ3v) is 7.56. The molecule has 0 radical (unpaired) electrons. The Morgan fingerprint density at radius 1 is 1.15 bits per heavy atom. The van der Waals surface area contributed by atoms with Crippen molar-refractivity contribution in [2.24, 2.45) is 0 Å². The molecule has 26 heavy (non-hydrogen) atoms. The summed E-state index contributed by atoms with van der Waals surface area (Å²) >= 11 is 0. The van der Waals surface area contributed by atoms with Crippen LogP contribution in [0.25, 0.3) is 0 Å². The minimum atomic E-state index is -3.52. The van der Waals surface area contributed by atoms with Crippen LogP contribution in [0.5, 0.6) is 0 Å². The van der Waals surface area contributed by atoms with E-state index < -0.39 is 10.0 Å². The van der Waals surface area contributed by atoms with Gasteiger partial charge < -0.3 is 4.90 Å². The van der Waals surface area contributed by atoms with Gasteiger partial charge in [-0.05, 0) is 32.0 Å². The third-order valence-electron chi connectivity index (χ3n) is 5.70. The van der Waals surface area contributed by atoms with Gasteiger partial charge >= 0.3 is 0 Å². The summed E-state index contributed by atoms with van der Waals surface area (Å²) in [7, 11) is -1.48. The lowest BCUT2D eigenvalue weighted by Gasteiger charge is -2.48. The van der Waals surface area contributed by atoms with Gasteiger partial charge in [0.15, 0.2) is 0 Å². The number of hydrogen-bond donors (Lipinski definition) is 0. The second-order valence-electron chi connectivity index (χ2n) is 7.18. The van der Waals surface area contributed by atoms with E-state index in [1.807, 2.05) is 18.0 Å². The molecule has 142 valence electrons. The maximum absolute atomic E-state index is 13.1. The van der Waals surface area contributed by atoms with Crippen molar-refractivity contribution in [2.75, 3.05) is 39.8 Å². The molecule has 2 aliphatic rings. The lowest BCUT2D eigenvalue weighted by Crippen LogP contribution is -2.62. The smallest absolute Gasteiger partial charge is 0.243 e. The largest absolute Gasteiger partial charge is 0.339 e. The van der Waals surface area contributed by atoms with Crippen LogP contribution < -0.4 is 0 Å². The fourth-order valence-corrected chi connectivity index (χ4v) is 5.48. The van der Waals surface area contributed by atoms with Crippen LogP contribution in [-0.2, 0) is 14.8 Å². The molecule has 1 aromatic rings. The van der Waals surface area contributed by atoms with E-state index in [1.165, 1.54) is 0 Å². The molecule has 1 amide bonds.